The summed E-state index contributed by atoms with van der Waals surface area (Å²) in [6.45, 7) is 0. The van der Waals surface area contributed by atoms with Gasteiger partial charge in [-0.1, -0.05) is 42.5 Å². The van der Waals surface area contributed by atoms with E-state index in [0.717, 1.165) is 16.9 Å². The molecule has 136 valence electrons. The smallest absolute Gasteiger partial charge is 0.263 e. The van der Waals surface area contributed by atoms with Gasteiger partial charge >= 0.3 is 0 Å². The Morgan fingerprint density at radius 3 is 2.26 bits per heavy atom. The van der Waals surface area contributed by atoms with Crippen molar-refractivity contribution in [2.75, 3.05) is 10.1 Å². The van der Waals surface area contributed by atoms with Gasteiger partial charge in [-0.05, 0) is 30.3 Å². The zero-order valence-electron chi connectivity index (χ0n) is 14.2. The number of halogens is 1. The fourth-order valence-corrected chi connectivity index (χ4v) is 3.33. The number of hydrazone groups is 1. The second-order valence-electron chi connectivity index (χ2n) is 6.10. The maximum atomic E-state index is 11.3. The van der Waals surface area contributed by atoms with Crippen molar-refractivity contribution in [2.24, 2.45) is 5.10 Å². The lowest BCUT2D eigenvalue weighted by atomic mass is 10.0. The number of hydrazine groups is 2. The van der Waals surface area contributed by atoms with Gasteiger partial charge in [-0.3, -0.25) is 10.1 Å². The first-order chi connectivity index (χ1) is 13.1. The molecule has 1 N–H and O–H groups in total. The predicted octanol–water partition coefficient (Wildman–Crippen LogP) is 4.04. The first-order valence-corrected chi connectivity index (χ1v) is 9.43. The Kier molecular flexibility index (Phi) is 4.56. The normalized spacial score (nSPS) is 21.5. The van der Waals surface area contributed by atoms with Gasteiger partial charge < -0.3 is 0 Å². The van der Waals surface area contributed by atoms with E-state index in [1.54, 1.807) is 12.2 Å². The molecule has 0 bridgehead atoms. The molecule has 1 unspecified atom stereocenters. The average Bonchev–Trinajstić information content (AvgIpc) is 3.15. The zero-order chi connectivity index (χ0) is 18.9. The van der Waals surface area contributed by atoms with Crippen LogP contribution in [0.5, 0.6) is 0 Å². The van der Waals surface area contributed by atoms with Crippen LogP contribution in [0.3, 0.4) is 0 Å². The molecule has 2 aliphatic rings. The predicted molar refractivity (Wildman–Crippen MR) is 114 cm³/mol. The molecule has 4 rings (SSSR count). The number of hydrogen-bond acceptors (Lipinski definition) is 6. The van der Waals surface area contributed by atoms with Crippen molar-refractivity contribution in [3.8, 4) is 0 Å². The minimum absolute atomic E-state index is 0.267. The number of para-hydroxylation sites is 2. The number of alkyl halides is 1. The van der Waals surface area contributed by atoms with E-state index in [9.17, 15) is 10.1 Å². The highest BCUT2D eigenvalue weighted by atomic mass is 127. The van der Waals surface area contributed by atoms with Gasteiger partial charge in [0, 0.05) is 39.2 Å². The molecule has 7 nitrogen and oxygen atoms in total. The Bertz CT molecular complexity index is 945. The monoisotopic (exact) mass is 473 g/mol. The number of nitrogens with zero attached hydrogens (tertiary/aromatic N) is 4. The molecule has 0 aromatic heterocycles. The maximum Gasteiger partial charge on any atom is 0.291 e. The van der Waals surface area contributed by atoms with Gasteiger partial charge in [0.05, 0.1) is 17.8 Å². The van der Waals surface area contributed by atoms with Gasteiger partial charge in [0.1, 0.15) is 0 Å². The zero-order valence-corrected chi connectivity index (χ0v) is 16.4. The topological polar surface area (TPSA) is 74.0 Å². The number of hydrogen-bond donors (Lipinski definition) is 1. The van der Waals surface area contributed by atoms with Crippen LogP contribution >= 0.6 is 22.6 Å². The van der Waals surface area contributed by atoms with Crippen molar-refractivity contribution in [3.63, 3.8) is 0 Å². The summed E-state index contributed by atoms with van der Waals surface area (Å²) in [5.74, 6) is 0.683. The highest BCUT2D eigenvalue weighted by Crippen LogP contribution is 2.33. The van der Waals surface area contributed by atoms with Crippen LogP contribution in [0.25, 0.3) is 0 Å². The fraction of sp³-hybridized carbons (Fsp3) is 0.105. The third-order valence-electron chi connectivity index (χ3n) is 4.34. The number of benzene rings is 2. The highest BCUT2D eigenvalue weighted by Gasteiger charge is 2.39. The SMILES string of the molecule is O=[N+]([O-])C1(I)C=CC(C2=NNN(c3ccccc3)N2c2ccccc2)=CC1. The Hall–Kier alpha value is -2.88. The molecular weight excluding hydrogens is 457 g/mol. The van der Waals surface area contributed by atoms with Crippen molar-refractivity contribution in [1.29, 1.82) is 0 Å². The van der Waals surface area contributed by atoms with Crippen LogP contribution in [0.15, 0.2) is 89.6 Å². The quantitative estimate of drug-likeness (QED) is 0.239. The van der Waals surface area contributed by atoms with Crippen LogP contribution in [0.1, 0.15) is 6.42 Å². The van der Waals surface area contributed by atoms with E-state index in [-0.39, 0.29) is 4.92 Å². The fourth-order valence-electron chi connectivity index (χ4n) is 2.93. The van der Waals surface area contributed by atoms with Crippen LogP contribution < -0.4 is 15.7 Å². The second-order valence-corrected chi connectivity index (χ2v) is 7.97. The first kappa shape index (κ1) is 17.5. The Balaban J connectivity index is 1.70. The average molecular weight is 473 g/mol. The molecule has 0 amide bonds. The molecule has 27 heavy (non-hydrogen) atoms. The van der Waals surface area contributed by atoms with Crippen molar-refractivity contribution < 1.29 is 4.92 Å². The number of nitro groups is 1. The minimum Gasteiger partial charge on any atom is -0.263 e. The number of anilines is 2. The van der Waals surface area contributed by atoms with Crippen molar-refractivity contribution >= 4 is 39.8 Å². The van der Waals surface area contributed by atoms with Crippen LogP contribution in [-0.4, -0.2) is 14.3 Å². The summed E-state index contributed by atoms with van der Waals surface area (Å²) in [5.41, 5.74) is 5.74. The standard InChI is InChI=1S/C19H16IN5O2/c20-19(25(26)27)13-11-15(12-14-19)18-21-22-24(17-9-5-2-6-10-17)23(18)16-7-3-1-4-8-16/h1-13,22H,14H2. The lowest BCUT2D eigenvalue weighted by Gasteiger charge is -2.31. The molecule has 0 radical (unpaired) electrons. The summed E-state index contributed by atoms with van der Waals surface area (Å²) < 4.78 is -1.11. The first-order valence-electron chi connectivity index (χ1n) is 8.35. The molecule has 1 aliphatic heterocycles. The van der Waals surface area contributed by atoms with E-state index in [0.29, 0.717) is 12.3 Å². The van der Waals surface area contributed by atoms with E-state index in [1.165, 1.54) is 0 Å². The lowest BCUT2D eigenvalue weighted by molar-refractivity contribution is -0.516. The summed E-state index contributed by atoms with van der Waals surface area (Å²) in [6.07, 6.45) is 5.56. The Labute approximate surface area is 169 Å². The highest BCUT2D eigenvalue weighted by molar-refractivity contribution is 14.1. The summed E-state index contributed by atoms with van der Waals surface area (Å²) in [5, 5.41) is 19.6. The minimum atomic E-state index is -1.11. The molecule has 1 heterocycles. The third-order valence-corrected chi connectivity index (χ3v) is 5.53. The summed E-state index contributed by atoms with van der Waals surface area (Å²) >= 11 is 1.87. The van der Waals surface area contributed by atoms with Gasteiger partial charge in [-0.2, -0.15) is 10.7 Å². The van der Waals surface area contributed by atoms with Crippen LogP contribution in [0, 0.1) is 10.1 Å². The van der Waals surface area contributed by atoms with Crippen LogP contribution in [0.4, 0.5) is 11.4 Å². The summed E-state index contributed by atoms with van der Waals surface area (Å²) in [6, 6.07) is 19.7. The molecule has 0 saturated carbocycles. The molecule has 1 aliphatic carbocycles. The molecule has 8 heteroatoms. The lowest BCUT2D eigenvalue weighted by Crippen LogP contribution is -2.46. The summed E-state index contributed by atoms with van der Waals surface area (Å²) in [4.78, 5) is 11.0. The molecular formula is C19H16IN5O2. The molecule has 1 atom stereocenters. The molecule has 0 fully saturated rings. The summed E-state index contributed by atoms with van der Waals surface area (Å²) in [7, 11) is 0. The number of rotatable bonds is 4. The van der Waals surface area contributed by atoms with Crippen molar-refractivity contribution in [3.05, 3.63) is 94.6 Å². The largest absolute Gasteiger partial charge is 0.291 e. The molecule has 2 aromatic carbocycles. The van der Waals surface area contributed by atoms with Crippen LogP contribution in [-0.2, 0) is 0 Å². The van der Waals surface area contributed by atoms with Crippen molar-refractivity contribution in [1.82, 2.24) is 5.53 Å². The van der Waals surface area contributed by atoms with Gasteiger partial charge in [-0.25, -0.2) is 5.01 Å². The van der Waals surface area contributed by atoms with Gasteiger partial charge in [0.15, 0.2) is 5.84 Å². The van der Waals surface area contributed by atoms with E-state index >= 15 is 0 Å². The van der Waals surface area contributed by atoms with Gasteiger partial charge in [-0.15, -0.1) is 5.10 Å². The molecule has 0 saturated heterocycles. The van der Waals surface area contributed by atoms with E-state index in [2.05, 4.69) is 10.6 Å². The molecule has 0 spiro atoms. The van der Waals surface area contributed by atoms with E-state index in [4.69, 9.17) is 0 Å². The number of nitrogens with one attached hydrogen (secondary N) is 1. The number of amidine groups is 1. The molecule has 2 aromatic rings. The van der Waals surface area contributed by atoms with E-state index in [1.807, 2.05) is 99.5 Å². The van der Waals surface area contributed by atoms with Crippen molar-refractivity contribution in [2.45, 2.75) is 9.97 Å². The van der Waals surface area contributed by atoms with E-state index < -0.39 is 3.55 Å². The Morgan fingerprint density at radius 1 is 1.07 bits per heavy atom. The van der Waals surface area contributed by atoms with Gasteiger partial charge in [0.2, 0.25) is 0 Å². The Morgan fingerprint density at radius 2 is 1.70 bits per heavy atom. The maximum absolute atomic E-state index is 11.3. The third kappa shape index (κ3) is 3.27. The second kappa shape index (κ2) is 7.03. The van der Waals surface area contributed by atoms with Gasteiger partial charge in [0.25, 0.3) is 3.55 Å². The van der Waals surface area contributed by atoms with Crippen LogP contribution in [0.2, 0.25) is 0 Å².